The van der Waals surface area contributed by atoms with Crippen LogP contribution < -0.4 is 14.3 Å². The lowest BCUT2D eigenvalue weighted by molar-refractivity contribution is -0.118. The maximum Gasteiger partial charge on any atom is 0.340 e. The maximum atomic E-state index is 13.9. The van der Waals surface area contributed by atoms with Crippen LogP contribution in [0.5, 0.6) is 0 Å². The summed E-state index contributed by atoms with van der Waals surface area (Å²) < 4.78 is 32.2. The van der Waals surface area contributed by atoms with Gasteiger partial charge in [-0.05, 0) is 68.1 Å². The van der Waals surface area contributed by atoms with Gasteiger partial charge in [-0.3, -0.25) is 14.6 Å². The van der Waals surface area contributed by atoms with E-state index in [9.17, 15) is 18.0 Å². The predicted octanol–water partition coefficient (Wildman–Crippen LogP) is 4.95. The number of carbonyl (C=O) groups excluding carboxylic acids is 2. The van der Waals surface area contributed by atoms with Gasteiger partial charge in [-0.2, -0.15) is 8.42 Å². The van der Waals surface area contributed by atoms with Crippen molar-refractivity contribution in [1.82, 2.24) is 15.3 Å². The SMILES string of the molecule is CC(NC(=O)c1cc(Cl)ccc1N(Br)C(=O)C1CC(OS(=O)(=O)c2ccncc2)=NN1c1ncccc1Cl)C1CC1. The molecule has 5 rings (SSSR count). The quantitative estimate of drug-likeness (QED) is 0.261. The molecule has 214 valence electrons. The highest BCUT2D eigenvalue weighted by molar-refractivity contribution is 9.10. The van der Waals surface area contributed by atoms with Crippen LogP contribution in [-0.2, 0) is 19.1 Å². The van der Waals surface area contributed by atoms with Crippen LogP contribution in [0.1, 0.15) is 36.5 Å². The molecular weight excluding hydrogens is 659 g/mol. The number of pyridine rings is 2. The molecule has 2 amide bonds. The predicted molar refractivity (Wildman–Crippen MR) is 158 cm³/mol. The lowest BCUT2D eigenvalue weighted by Gasteiger charge is -2.26. The molecule has 0 radical (unpaired) electrons. The van der Waals surface area contributed by atoms with Crippen LogP contribution in [0.4, 0.5) is 11.5 Å². The summed E-state index contributed by atoms with van der Waals surface area (Å²) in [4.78, 5) is 35.1. The van der Waals surface area contributed by atoms with Gasteiger partial charge in [0.25, 0.3) is 11.8 Å². The molecule has 0 spiro atoms. The van der Waals surface area contributed by atoms with E-state index in [-0.39, 0.29) is 51.3 Å². The van der Waals surface area contributed by atoms with Crippen LogP contribution in [-0.4, -0.2) is 48.2 Å². The summed E-state index contributed by atoms with van der Waals surface area (Å²) in [6.07, 6.45) is 5.93. The molecule has 2 atom stereocenters. The van der Waals surface area contributed by atoms with Gasteiger partial charge in [-0.1, -0.05) is 23.2 Å². The monoisotopic (exact) mass is 680 g/mol. The van der Waals surface area contributed by atoms with Crippen molar-refractivity contribution < 1.29 is 22.2 Å². The Morgan fingerprint density at radius 1 is 1.15 bits per heavy atom. The number of hydrogen-bond donors (Lipinski definition) is 1. The topological polar surface area (TPSA) is 134 Å². The Hall–Kier alpha value is -3.26. The van der Waals surface area contributed by atoms with Gasteiger partial charge < -0.3 is 9.50 Å². The van der Waals surface area contributed by atoms with Crippen molar-refractivity contribution >= 4 is 78.7 Å². The van der Waals surface area contributed by atoms with Gasteiger partial charge >= 0.3 is 10.1 Å². The normalized spacial score (nSPS) is 17.5. The number of nitrogens with zero attached hydrogens (tertiary/aromatic N) is 5. The number of nitrogens with one attached hydrogen (secondary N) is 1. The number of amides is 2. The number of benzene rings is 1. The molecular formula is C26H23BrCl2N6O5S. The second-order valence-electron chi connectivity index (χ2n) is 9.47. The highest BCUT2D eigenvalue weighted by Crippen LogP contribution is 2.35. The molecule has 0 saturated heterocycles. The smallest absolute Gasteiger partial charge is 0.340 e. The van der Waals surface area contributed by atoms with Crippen LogP contribution in [0.15, 0.2) is 71.1 Å². The zero-order valence-electron chi connectivity index (χ0n) is 21.4. The third kappa shape index (κ3) is 6.48. The third-order valence-corrected chi connectivity index (χ3v) is 9.09. The van der Waals surface area contributed by atoms with E-state index in [1.807, 2.05) is 6.92 Å². The molecule has 2 aromatic heterocycles. The van der Waals surface area contributed by atoms with E-state index < -0.39 is 22.1 Å². The molecule has 3 aromatic rings. The van der Waals surface area contributed by atoms with Crippen molar-refractivity contribution in [3.05, 3.63) is 76.7 Å². The molecule has 1 saturated carbocycles. The number of hydrogen-bond acceptors (Lipinski definition) is 9. The summed E-state index contributed by atoms with van der Waals surface area (Å²) in [5.41, 5.74) is 0.402. The number of rotatable bonds is 8. The number of carbonyl (C=O) groups is 2. The fraction of sp³-hybridized carbons (Fsp3) is 0.269. The number of aromatic nitrogens is 2. The fourth-order valence-electron chi connectivity index (χ4n) is 4.26. The van der Waals surface area contributed by atoms with Crippen molar-refractivity contribution in [3.8, 4) is 0 Å². The molecule has 41 heavy (non-hydrogen) atoms. The van der Waals surface area contributed by atoms with Gasteiger partial charge in [0.05, 0.1) is 38.8 Å². The van der Waals surface area contributed by atoms with Crippen molar-refractivity contribution in [2.45, 2.75) is 43.2 Å². The summed E-state index contributed by atoms with van der Waals surface area (Å²) in [6, 6.07) is 9.09. The summed E-state index contributed by atoms with van der Waals surface area (Å²) in [5, 5.41) is 8.92. The van der Waals surface area contributed by atoms with Crippen LogP contribution in [0, 0.1) is 5.92 Å². The van der Waals surface area contributed by atoms with Crippen molar-refractivity contribution in [3.63, 3.8) is 0 Å². The van der Waals surface area contributed by atoms with Crippen LogP contribution in [0.2, 0.25) is 10.0 Å². The molecule has 1 aliphatic heterocycles. The first-order chi connectivity index (χ1) is 19.5. The summed E-state index contributed by atoms with van der Waals surface area (Å²) in [5.74, 6) is -0.714. The van der Waals surface area contributed by atoms with E-state index in [4.69, 9.17) is 27.4 Å². The molecule has 1 fully saturated rings. The molecule has 2 unspecified atom stereocenters. The number of hydrazone groups is 1. The van der Waals surface area contributed by atoms with Gasteiger partial charge in [0.2, 0.25) is 5.90 Å². The Balaban J connectivity index is 1.45. The van der Waals surface area contributed by atoms with Crippen LogP contribution >= 0.6 is 39.3 Å². The van der Waals surface area contributed by atoms with E-state index in [0.29, 0.717) is 10.9 Å². The largest absolute Gasteiger partial charge is 0.361 e. The molecule has 0 bridgehead atoms. The first-order valence-electron chi connectivity index (χ1n) is 12.5. The van der Waals surface area contributed by atoms with Gasteiger partial charge in [-0.15, -0.1) is 5.10 Å². The Bertz CT molecular complexity index is 1620. The Morgan fingerprint density at radius 3 is 2.56 bits per heavy atom. The van der Waals surface area contributed by atoms with E-state index in [2.05, 4.69) is 36.5 Å². The second-order valence-corrected chi connectivity index (χ2v) is 12.6. The van der Waals surface area contributed by atoms with Crippen molar-refractivity contribution in [2.24, 2.45) is 11.0 Å². The lowest BCUT2D eigenvalue weighted by atomic mass is 10.1. The van der Waals surface area contributed by atoms with Gasteiger partial charge in [0.1, 0.15) is 10.9 Å². The van der Waals surface area contributed by atoms with Gasteiger partial charge in [0, 0.05) is 29.7 Å². The molecule has 15 heteroatoms. The number of halogens is 3. The minimum atomic E-state index is -4.27. The van der Waals surface area contributed by atoms with Crippen LogP contribution in [0.3, 0.4) is 0 Å². The van der Waals surface area contributed by atoms with Crippen LogP contribution in [0.25, 0.3) is 0 Å². The van der Waals surface area contributed by atoms with E-state index in [1.165, 1.54) is 47.9 Å². The molecule has 11 nitrogen and oxygen atoms in total. The zero-order valence-corrected chi connectivity index (χ0v) is 25.4. The third-order valence-electron chi connectivity index (χ3n) is 6.56. The second kappa shape index (κ2) is 11.9. The number of anilines is 2. The zero-order chi connectivity index (χ0) is 29.3. The average Bonchev–Trinajstić information content (AvgIpc) is 3.73. The Labute approximate surface area is 255 Å². The van der Waals surface area contributed by atoms with Crippen molar-refractivity contribution in [2.75, 3.05) is 8.93 Å². The maximum absolute atomic E-state index is 13.9. The molecule has 1 aliphatic carbocycles. The van der Waals surface area contributed by atoms with E-state index in [1.54, 1.807) is 18.2 Å². The van der Waals surface area contributed by atoms with Gasteiger partial charge in [0.15, 0.2) is 5.82 Å². The molecule has 1 aromatic carbocycles. The van der Waals surface area contributed by atoms with E-state index >= 15 is 0 Å². The lowest BCUT2D eigenvalue weighted by Crippen LogP contribution is -2.42. The highest BCUT2D eigenvalue weighted by atomic mass is 79.9. The van der Waals surface area contributed by atoms with Gasteiger partial charge in [-0.25, -0.2) is 13.9 Å². The first kappa shape index (κ1) is 29.2. The summed E-state index contributed by atoms with van der Waals surface area (Å²) >= 11 is 15.9. The molecule has 1 N–H and O–H groups in total. The Morgan fingerprint density at radius 2 is 1.88 bits per heavy atom. The van der Waals surface area contributed by atoms with E-state index in [0.717, 1.165) is 16.8 Å². The average molecular weight is 682 g/mol. The molecule has 2 aliphatic rings. The fourth-order valence-corrected chi connectivity index (χ4v) is 6.09. The standard InChI is InChI=1S/C26H23BrCl2N6O5S/c1-15(16-4-5-16)32-25(36)19-13-17(28)6-7-21(19)34(27)26(37)22-14-23(33-35(22)24-20(29)3-2-10-31-24)40-41(38,39)18-8-11-30-12-9-18/h2-3,6-13,15-16,22H,4-5,14H2,1H3,(H,32,36). The van der Waals surface area contributed by atoms with Crippen molar-refractivity contribution in [1.29, 1.82) is 0 Å². The Kier molecular flexibility index (Phi) is 8.50. The summed E-state index contributed by atoms with van der Waals surface area (Å²) in [7, 11) is -4.27. The molecule has 3 heterocycles. The minimum Gasteiger partial charge on any atom is -0.361 e. The highest BCUT2D eigenvalue weighted by Gasteiger charge is 2.41. The summed E-state index contributed by atoms with van der Waals surface area (Å²) in [6.45, 7) is 1.93. The minimum absolute atomic E-state index is 0.0409. The first-order valence-corrected chi connectivity index (χ1v) is 15.3.